The molecule has 0 unspecified atom stereocenters. The molecule has 0 aliphatic rings. The minimum atomic E-state index is -1.43. The first-order valence-electron chi connectivity index (χ1n) is 5.57. The van der Waals surface area contributed by atoms with Crippen molar-refractivity contribution in [3.8, 4) is 0 Å². The SMILES string of the molecule is CCCNCC(C)=Cc1cc(F)c(F)c(F)c1. The van der Waals surface area contributed by atoms with Crippen LogP contribution in [0.2, 0.25) is 0 Å². The van der Waals surface area contributed by atoms with Gasteiger partial charge in [0.05, 0.1) is 0 Å². The molecule has 94 valence electrons. The molecule has 0 amide bonds. The molecular weight excluding hydrogens is 227 g/mol. The fourth-order valence-electron chi connectivity index (χ4n) is 1.46. The minimum absolute atomic E-state index is 0.331. The molecule has 0 heterocycles. The first kappa shape index (κ1) is 13.8. The lowest BCUT2D eigenvalue weighted by Crippen LogP contribution is -2.16. The Hall–Kier alpha value is -1.29. The maximum atomic E-state index is 12.9. The molecule has 4 heteroatoms. The Kier molecular flexibility index (Phi) is 5.22. The van der Waals surface area contributed by atoms with Gasteiger partial charge >= 0.3 is 0 Å². The summed E-state index contributed by atoms with van der Waals surface area (Å²) < 4.78 is 38.6. The van der Waals surface area contributed by atoms with Gasteiger partial charge < -0.3 is 5.32 Å². The Balaban J connectivity index is 2.76. The number of benzene rings is 1. The fraction of sp³-hybridized carbons (Fsp3) is 0.385. The predicted octanol–water partition coefficient (Wildman–Crippen LogP) is 3.51. The van der Waals surface area contributed by atoms with Crippen LogP contribution in [0.25, 0.3) is 6.08 Å². The molecule has 0 atom stereocenters. The molecule has 0 aliphatic carbocycles. The molecule has 0 spiro atoms. The van der Waals surface area contributed by atoms with E-state index in [1.54, 1.807) is 6.08 Å². The highest BCUT2D eigenvalue weighted by atomic mass is 19.2. The van der Waals surface area contributed by atoms with E-state index in [4.69, 9.17) is 0 Å². The topological polar surface area (TPSA) is 12.0 Å². The smallest absolute Gasteiger partial charge is 0.194 e. The van der Waals surface area contributed by atoms with Crippen LogP contribution in [0, 0.1) is 17.5 Å². The van der Waals surface area contributed by atoms with Gasteiger partial charge in [0.25, 0.3) is 0 Å². The molecule has 0 fully saturated rings. The van der Waals surface area contributed by atoms with E-state index in [1.165, 1.54) is 0 Å². The van der Waals surface area contributed by atoms with Crippen molar-refractivity contribution in [1.82, 2.24) is 5.32 Å². The second-order valence-corrected chi connectivity index (χ2v) is 3.97. The molecule has 0 saturated carbocycles. The molecule has 1 aromatic carbocycles. The molecule has 17 heavy (non-hydrogen) atoms. The molecule has 1 N–H and O–H groups in total. The van der Waals surface area contributed by atoms with Gasteiger partial charge in [0, 0.05) is 6.54 Å². The highest BCUT2D eigenvalue weighted by molar-refractivity contribution is 5.53. The normalized spacial score (nSPS) is 11.9. The summed E-state index contributed by atoms with van der Waals surface area (Å²) in [6, 6.07) is 1.98. The zero-order valence-electron chi connectivity index (χ0n) is 9.99. The first-order chi connectivity index (χ1) is 8.04. The second-order valence-electron chi connectivity index (χ2n) is 3.97. The summed E-state index contributed by atoms with van der Waals surface area (Å²) in [6.45, 7) is 5.43. The van der Waals surface area contributed by atoms with Gasteiger partial charge in [-0.1, -0.05) is 18.6 Å². The van der Waals surface area contributed by atoms with Crippen molar-refractivity contribution in [1.29, 1.82) is 0 Å². The van der Waals surface area contributed by atoms with Gasteiger partial charge in [-0.15, -0.1) is 0 Å². The number of rotatable bonds is 5. The summed E-state index contributed by atoms with van der Waals surface area (Å²) in [6.07, 6.45) is 2.65. The molecule has 0 aliphatic heterocycles. The zero-order chi connectivity index (χ0) is 12.8. The van der Waals surface area contributed by atoms with Crippen LogP contribution in [0.3, 0.4) is 0 Å². The molecule has 0 saturated heterocycles. The van der Waals surface area contributed by atoms with Crippen LogP contribution in [0.15, 0.2) is 17.7 Å². The van der Waals surface area contributed by atoms with Gasteiger partial charge in [-0.05, 0) is 37.6 Å². The van der Waals surface area contributed by atoms with Crippen molar-refractivity contribution in [3.05, 3.63) is 40.7 Å². The molecule has 0 radical (unpaired) electrons. The zero-order valence-corrected chi connectivity index (χ0v) is 9.99. The van der Waals surface area contributed by atoms with E-state index in [1.807, 2.05) is 6.92 Å². The van der Waals surface area contributed by atoms with E-state index in [9.17, 15) is 13.2 Å². The first-order valence-corrected chi connectivity index (χ1v) is 5.57. The minimum Gasteiger partial charge on any atom is -0.313 e. The Bertz CT molecular complexity index is 390. The van der Waals surface area contributed by atoms with Crippen LogP contribution >= 0.6 is 0 Å². The second kappa shape index (κ2) is 6.45. The third-order valence-corrected chi connectivity index (χ3v) is 2.25. The Morgan fingerprint density at radius 1 is 1.24 bits per heavy atom. The summed E-state index contributed by atoms with van der Waals surface area (Å²) in [5.41, 5.74) is 1.26. The molecular formula is C13H16F3N. The van der Waals surface area contributed by atoms with Crippen molar-refractivity contribution in [2.45, 2.75) is 20.3 Å². The van der Waals surface area contributed by atoms with Gasteiger partial charge in [-0.3, -0.25) is 0 Å². The van der Waals surface area contributed by atoms with Crippen LogP contribution in [-0.4, -0.2) is 13.1 Å². The Morgan fingerprint density at radius 2 is 1.82 bits per heavy atom. The van der Waals surface area contributed by atoms with Gasteiger partial charge in [0.15, 0.2) is 17.5 Å². The van der Waals surface area contributed by atoms with Crippen molar-refractivity contribution in [2.75, 3.05) is 13.1 Å². The van der Waals surface area contributed by atoms with Crippen molar-refractivity contribution in [3.63, 3.8) is 0 Å². The fourth-order valence-corrected chi connectivity index (χ4v) is 1.46. The lowest BCUT2D eigenvalue weighted by molar-refractivity contribution is 0.447. The van der Waals surface area contributed by atoms with Crippen LogP contribution in [0.5, 0.6) is 0 Å². The van der Waals surface area contributed by atoms with Gasteiger partial charge in [0.2, 0.25) is 0 Å². The van der Waals surface area contributed by atoms with E-state index in [0.29, 0.717) is 12.1 Å². The lowest BCUT2D eigenvalue weighted by Gasteiger charge is -2.04. The average Bonchev–Trinajstić information content (AvgIpc) is 2.26. The maximum Gasteiger partial charge on any atom is 0.194 e. The lowest BCUT2D eigenvalue weighted by atomic mass is 10.1. The van der Waals surface area contributed by atoms with Crippen molar-refractivity contribution in [2.24, 2.45) is 0 Å². The monoisotopic (exact) mass is 243 g/mol. The maximum absolute atomic E-state index is 12.9. The number of halogens is 3. The van der Waals surface area contributed by atoms with Crippen LogP contribution in [0.1, 0.15) is 25.8 Å². The molecule has 1 nitrogen and oxygen atoms in total. The molecule has 0 bridgehead atoms. The third-order valence-electron chi connectivity index (χ3n) is 2.25. The average molecular weight is 243 g/mol. The molecule has 1 aromatic rings. The van der Waals surface area contributed by atoms with Gasteiger partial charge in [-0.25, -0.2) is 13.2 Å². The van der Waals surface area contributed by atoms with Crippen LogP contribution in [-0.2, 0) is 0 Å². The largest absolute Gasteiger partial charge is 0.313 e. The van der Waals surface area contributed by atoms with E-state index in [0.717, 1.165) is 30.7 Å². The number of hydrogen-bond acceptors (Lipinski definition) is 1. The summed E-state index contributed by atoms with van der Waals surface area (Å²) in [7, 11) is 0. The van der Waals surface area contributed by atoms with Crippen molar-refractivity contribution < 1.29 is 13.2 Å². The van der Waals surface area contributed by atoms with E-state index in [2.05, 4.69) is 12.2 Å². The summed E-state index contributed by atoms with van der Waals surface area (Å²) >= 11 is 0. The highest BCUT2D eigenvalue weighted by Gasteiger charge is 2.09. The van der Waals surface area contributed by atoms with Gasteiger partial charge in [-0.2, -0.15) is 0 Å². The van der Waals surface area contributed by atoms with Crippen LogP contribution < -0.4 is 5.32 Å². The Labute approximate surface area is 99.3 Å². The predicted molar refractivity (Wildman–Crippen MR) is 63.1 cm³/mol. The Morgan fingerprint density at radius 3 is 2.35 bits per heavy atom. The van der Waals surface area contributed by atoms with E-state index < -0.39 is 17.5 Å². The summed E-state index contributed by atoms with van der Waals surface area (Å²) in [5.74, 6) is -3.75. The highest BCUT2D eigenvalue weighted by Crippen LogP contribution is 2.15. The summed E-state index contributed by atoms with van der Waals surface area (Å²) in [4.78, 5) is 0. The summed E-state index contributed by atoms with van der Waals surface area (Å²) in [5, 5.41) is 3.17. The molecule has 1 rings (SSSR count). The third kappa shape index (κ3) is 4.23. The standard InChI is InChI=1S/C13H16F3N/c1-3-4-17-8-9(2)5-10-6-11(14)13(16)12(15)7-10/h5-7,17H,3-4,8H2,1-2H3. The van der Waals surface area contributed by atoms with Crippen LogP contribution in [0.4, 0.5) is 13.2 Å². The van der Waals surface area contributed by atoms with E-state index >= 15 is 0 Å². The van der Waals surface area contributed by atoms with Crippen molar-refractivity contribution >= 4 is 6.08 Å². The molecule has 0 aromatic heterocycles. The quantitative estimate of drug-likeness (QED) is 0.616. The van der Waals surface area contributed by atoms with Gasteiger partial charge in [0.1, 0.15) is 0 Å². The number of nitrogens with one attached hydrogen (secondary N) is 1. The van der Waals surface area contributed by atoms with E-state index in [-0.39, 0.29) is 0 Å². The number of hydrogen-bond donors (Lipinski definition) is 1.